The predicted molar refractivity (Wildman–Crippen MR) is 37.6 cm³/mol. The molecule has 0 aromatic rings. The zero-order valence-corrected chi connectivity index (χ0v) is 6.92. The SMILES string of the molecule is CCC(C(C)=O)C(=O)OOC. The molecule has 0 spiro atoms. The van der Waals surface area contributed by atoms with E-state index in [0.29, 0.717) is 6.42 Å². The Morgan fingerprint density at radius 1 is 1.45 bits per heavy atom. The molecule has 0 heterocycles. The molecule has 0 aromatic heterocycles. The zero-order valence-electron chi connectivity index (χ0n) is 6.92. The van der Waals surface area contributed by atoms with Crippen LogP contribution in [0, 0.1) is 5.92 Å². The van der Waals surface area contributed by atoms with Gasteiger partial charge in [-0.15, -0.1) is 0 Å². The summed E-state index contributed by atoms with van der Waals surface area (Å²) in [4.78, 5) is 29.9. The summed E-state index contributed by atoms with van der Waals surface area (Å²) in [6.07, 6.45) is 0.442. The van der Waals surface area contributed by atoms with E-state index in [4.69, 9.17) is 0 Å². The van der Waals surface area contributed by atoms with Crippen LogP contribution >= 0.6 is 0 Å². The van der Waals surface area contributed by atoms with Gasteiger partial charge in [-0.1, -0.05) is 6.92 Å². The van der Waals surface area contributed by atoms with Gasteiger partial charge < -0.3 is 0 Å². The molecule has 0 fully saturated rings. The minimum atomic E-state index is -0.685. The van der Waals surface area contributed by atoms with Crippen LogP contribution in [0.25, 0.3) is 0 Å². The van der Waals surface area contributed by atoms with Crippen LogP contribution in [0.5, 0.6) is 0 Å². The van der Waals surface area contributed by atoms with Gasteiger partial charge in [-0.3, -0.25) is 9.68 Å². The fraction of sp³-hybridized carbons (Fsp3) is 0.714. The van der Waals surface area contributed by atoms with E-state index in [2.05, 4.69) is 9.78 Å². The minimum absolute atomic E-state index is 0.199. The van der Waals surface area contributed by atoms with E-state index in [9.17, 15) is 9.59 Å². The maximum atomic E-state index is 10.8. The maximum Gasteiger partial charge on any atom is 0.352 e. The standard InChI is InChI=1S/C7H12O4/c1-4-6(5(2)8)7(9)11-10-3/h6H,4H2,1-3H3. The molecular weight excluding hydrogens is 148 g/mol. The van der Waals surface area contributed by atoms with Gasteiger partial charge in [0.15, 0.2) is 0 Å². The van der Waals surface area contributed by atoms with Crippen LogP contribution in [0.15, 0.2) is 0 Å². The van der Waals surface area contributed by atoms with Gasteiger partial charge in [-0.05, 0) is 13.3 Å². The van der Waals surface area contributed by atoms with Crippen LogP contribution < -0.4 is 0 Å². The molecule has 11 heavy (non-hydrogen) atoms. The topological polar surface area (TPSA) is 52.6 Å². The van der Waals surface area contributed by atoms with Crippen molar-refractivity contribution < 1.29 is 19.4 Å². The Labute approximate surface area is 65.4 Å². The van der Waals surface area contributed by atoms with Crippen molar-refractivity contribution in [3.8, 4) is 0 Å². The molecular formula is C7H12O4. The first-order chi connectivity index (χ1) is 5.13. The lowest BCUT2D eigenvalue weighted by Crippen LogP contribution is -2.23. The quantitative estimate of drug-likeness (QED) is 0.345. The summed E-state index contributed by atoms with van der Waals surface area (Å²) in [5, 5.41) is 0. The molecule has 0 bridgehead atoms. The van der Waals surface area contributed by atoms with Crippen LogP contribution in [-0.2, 0) is 19.4 Å². The van der Waals surface area contributed by atoms with Crippen molar-refractivity contribution in [1.29, 1.82) is 0 Å². The van der Waals surface area contributed by atoms with Crippen molar-refractivity contribution in [2.75, 3.05) is 7.11 Å². The van der Waals surface area contributed by atoms with E-state index in [-0.39, 0.29) is 5.78 Å². The molecule has 0 aliphatic heterocycles. The maximum absolute atomic E-state index is 10.8. The molecule has 0 saturated carbocycles. The second-order valence-electron chi connectivity index (χ2n) is 2.14. The fourth-order valence-corrected chi connectivity index (χ4v) is 0.760. The number of hydrogen-bond acceptors (Lipinski definition) is 4. The number of Topliss-reactive ketones (excluding diaryl/α,β-unsaturated/α-hetero) is 1. The molecule has 0 radical (unpaired) electrons. The Morgan fingerprint density at radius 2 is 2.00 bits per heavy atom. The zero-order chi connectivity index (χ0) is 8.85. The van der Waals surface area contributed by atoms with Gasteiger partial charge in [-0.25, -0.2) is 4.79 Å². The van der Waals surface area contributed by atoms with E-state index < -0.39 is 11.9 Å². The highest BCUT2D eigenvalue weighted by molar-refractivity contribution is 5.97. The van der Waals surface area contributed by atoms with Gasteiger partial charge in [0.25, 0.3) is 0 Å². The highest BCUT2D eigenvalue weighted by Crippen LogP contribution is 2.06. The average molecular weight is 160 g/mol. The van der Waals surface area contributed by atoms with E-state index in [1.807, 2.05) is 0 Å². The highest BCUT2D eigenvalue weighted by Gasteiger charge is 2.23. The van der Waals surface area contributed by atoms with Gasteiger partial charge in [0.05, 0.1) is 7.11 Å². The minimum Gasteiger partial charge on any atom is -0.299 e. The summed E-state index contributed by atoms with van der Waals surface area (Å²) < 4.78 is 0. The third-order valence-corrected chi connectivity index (χ3v) is 1.35. The molecule has 0 N–H and O–H groups in total. The van der Waals surface area contributed by atoms with Crippen molar-refractivity contribution in [3.63, 3.8) is 0 Å². The summed E-state index contributed by atoms with van der Waals surface area (Å²) in [6, 6.07) is 0. The summed E-state index contributed by atoms with van der Waals surface area (Å²) >= 11 is 0. The highest BCUT2D eigenvalue weighted by atomic mass is 17.2. The van der Waals surface area contributed by atoms with Crippen molar-refractivity contribution in [1.82, 2.24) is 0 Å². The average Bonchev–Trinajstić information content (AvgIpc) is 1.88. The molecule has 4 nitrogen and oxygen atoms in total. The molecule has 0 saturated heterocycles. The van der Waals surface area contributed by atoms with Crippen LogP contribution in [0.1, 0.15) is 20.3 Å². The number of carbonyl (C=O) groups excluding carboxylic acids is 2. The Morgan fingerprint density at radius 3 is 2.27 bits per heavy atom. The Kier molecular flexibility index (Phi) is 4.45. The molecule has 1 unspecified atom stereocenters. The van der Waals surface area contributed by atoms with E-state index in [0.717, 1.165) is 0 Å². The predicted octanol–water partition coefficient (Wildman–Crippen LogP) is 0.706. The van der Waals surface area contributed by atoms with Gasteiger partial charge in [0.1, 0.15) is 11.7 Å². The van der Waals surface area contributed by atoms with Crippen molar-refractivity contribution in [2.45, 2.75) is 20.3 Å². The van der Waals surface area contributed by atoms with Crippen LogP contribution in [0.4, 0.5) is 0 Å². The fourth-order valence-electron chi connectivity index (χ4n) is 0.760. The Hall–Kier alpha value is -0.900. The van der Waals surface area contributed by atoms with Crippen LogP contribution in [0.2, 0.25) is 0 Å². The first-order valence-electron chi connectivity index (χ1n) is 3.38. The second kappa shape index (κ2) is 4.85. The lowest BCUT2D eigenvalue weighted by Gasteiger charge is -2.06. The molecule has 64 valence electrons. The lowest BCUT2D eigenvalue weighted by molar-refractivity contribution is -0.258. The third kappa shape index (κ3) is 3.13. The Balaban J connectivity index is 4.03. The third-order valence-electron chi connectivity index (χ3n) is 1.35. The Bertz CT molecular complexity index is 153. The molecule has 1 atom stereocenters. The first kappa shape index (κ1) is 10.1. The first-order valence-corrected chi connectivity index (χ1v) is 3.38. The largest absolute Gasteiger partial charge is 0.352 e. The molecule has 0 rings (SSSR count). The summed E-state index contributed by atoms with van der Waals surface area (Å²) in [5.74, 6) is -1.51. The molecule has 0 aliphatic rings. The summed E-state index contributed by atoms with van der Waals surface area (Å²) in [6.45, 7) is 3.09. The normalized spacial score (nSPS) is 12.3. The van der Waals surface area contributed by atoms with E-state index in [1.54, 1.807) is 6.92 Å². The number of hydrogen-bond donors (Lipinski definition) is 0. The molecule has 0 amide bonds. The summed E-state index contributed by atoms with van der Waals surface area (Å²) in [7, 11) is 1.23. The van der Waals surface area contributed by atoms with Gasteiger partial charge in [0.2, 0.25) is 0 Å². The lowest BCUT2D eigenvalue weighted by atomic mass is 10.0. The van der Waals surface area contributed by atoms with Gasteiger partial charge in [0, 0.05) is 0 Å². The van der Waals surface area contributed by atoms with Gasteiger partial charge in [-0.2, -0.15) is 4.89 Å². The van der Waals surface area contributed by atoms with Crippen molar-refractivity contribution >= 4 is 11.8 Å². The van der Waals surface area contributed by atoms with Gasteiger partial charge >= 0.3 is 5.97 Å². The van der Waals surface area contributed by atoms with Crippen molar-refractivity contribution in [2.24, 2.45) is 5.92 Å². The second-order valence-corrected chi connectivity index (χ2v) is 2.14. The van der Waals surface area contributed by atoms with Crippen LogP contribution in [-0.4, -0.2) is 18.9 Å². The van der Waals surface area contributed by atoms with Crippen LogP contribution in [0.3, 0.4) is 0 Å². The smallest absolute Gasteiger partial charge is 0.299 e. The number of ketones is 1. The monoisotopic (exact) mass is 160 g/mol. The molecule has 0 aliphatic carbocycles. The number of rotatable bonds is 4. The number of carbonyl (C=O) groups is 2. The van der Waals surface area contributed by atoms with Crippen molar-refractivity contribution in [3.05, 3.63) is 0 Å². The molecule has 4 heteroatoms. The van der Waals surface area contributed by atoms with E-state index >= 15 is 0 Å². The summed E-state index contributed by atoms with van der Waals surface area (Å²) in [5.41, 5.74) is 0. The molecule has 0 aromatic carbocycles. The van der Waals surface area contributed by atoms with E-state index in [1.165, 1.54) is 14.0 Å².